The number of hydrogen-bond acceptors (Lipinski definition) is 3. The largest absolute Gasteiger partial charge is 0.378 e. The van der Waals surface area contributed by atoms with Gasteiger partial charge in [-0.2, -0.15) is 0 Å². The summed E-state index contributed by atoms with van der Waals surface area (Å²) in [6, 6.07) is 8.67. The first-order chi connectivity index (χ1) is 16.8. The van der Waals surface area contributed by atoms with E-state index in [9.17, 15) is 0 Å². The van der Waals surface area contributed by atoms with Crippen molar-refractivity contribution < 1.29 is 13.5 Å². The van der Waals surface area contributed by atoms with Gasteiger partial charge in [-0.25, -0.2) is 4.58 Å². The van der Waals surface area contributed by atoms with E-state index in [-0.39, 0.29) is 6.10 Å². The van der Waals surface area contributed by atoms with Crippen molar-refractivity contribution >= 4 is 19.1 Å². The highest BCUT2D eigenvalue weighted by atomic mass is 32.1. The van der Waals surface area contributed by atoms with Gasteiger partial charge in [0.15, 0.2) is 18.9 Å². The number of nitrogens with zero attached hydrogens (tertiary/aromatic N) is 1. The number of benzene rings is 1. The molecule has 1 aromatic rings. The number of fused-ring (bicyclic) bond motifs is 1. The van der Waals surface area contributed by atoms with Crippen LogP contribution in [0.15, 0.2) is 24.3 Å². The van der Waals surface area contributed by atoms with Crippen LogP contribution in [0.5, 0.6) is 0 Å². The van der Waals surface area contributed by atoms with Crippen LogP contribution in [0.25, 0.3) is 0 Å². The molecule has 2 rings (SSSR count). The highest BCUT2D eigenvalue weighted by Crippen LogP contribution is 2.20. The van der Waals surface area contributed by atoms with Gasteiger partial charge in [0, 0.05) is 18.6 Å². The molecule has 0 spiro atoms. The zero-order valence-electron chi connectivity index (χ0n) is 22.2. The van der Waals surface area contributed by atoms with E-state index in [1.54, 1.807) is 0 Å². The third kappa shape index (κ3) is 12.7. The molecule has 1 aliphatic heterocycles. The van der Waals surface area contributed by atoms with Crippen LogP contribution in [0.3, 0.4) is 0 Å². The molecule has 4 heteroatoms. The predicted octanol–water partition coefficient (Wildman–Crippen LogP) is 8.04. The lowest BCUT2D eigenvalue weighted by atomic mass is 9.95. The van der Waals surface area contributed by atoms with Crippen LogP contribution in [0.1, 0.15) is 115 Å². The second kappa shape index (κ2) is 19.4. The fourth-order valence-corrected chi connectivity index (χ4v) is 5.17. The number of unbranched alkanes of at least 4 members (excludes halogenated alkanes) is 10. The molecule has 2 unspecified atom stereocenters. The Labute approximate surface area is 216 Å². The van der Waals surface area contributed by atoms with Gasteiger partial charge in [-0.15, -0.1) is 0 Å². The van der Waals surface area contributed by atoms with E-state index in [2.05, 4.69) is 61.8 Å². The van der Waals surface area contributed by atoms with Crippen molar-refractivity contribution in [3.8, 4) is 0 Å². The Bertz CT molecular complexity index is 663. The zero-order chi connectivity index (χ0) is 24.3. The average molecular weight is 491 g/mol. The van der Waals surface area contributed by atoms with Crippen LogP contribution in [0, 0.1) is 5.92 Å². The molecule has 0 N–H and O–H groups in total. The fourth-order valence-electron chi connectivity index (χ4n) is 5.04. The Kier molecular flexibility index (Phi) is 16.7. The van der Waals surface area contributed by atoms with Crippen molar-refractivity contribution in [2.75, 3.05) is 26.3 Å². The molecule has 1 aliphatic rings. The third-order valence-corrected chi connectivity index (χ3v) is 7.52. The summed E-state index contributed by atoms with van der Waals surface area (Å²) in [6.07, 6.45) is 22.4. The molecule has 0 radical (unpaired) electrons. The van der Waals surface area contributed by atoms with E-state index in [4.69, 9.17) is 8.92 Å². The first kappa shape index (κ1) is 29.4. The Balaban J connectivity index is 1.70. The molecule has 0 amide bonds. The first-order valence-electron chi connectivity index (χ1n) is 14.3. The minimum absolute atomic E-state index is 0.00583. The lowest BCUT2D eigenvalue weighted by Gasteiger charge is -2.20. The molecule has 1 aromatic carbocycles. The minimum Gasteiger partial charge on any atom is -0.378 e. The van der Waals surface area contributed by atoms with Crippen LogP contribution in [-0.2, 0) is 15.3 Å². The second-order valence-electron chi connectivity index (χ2n) is 10.3. The summed E-state index contributed by atoms with van der Waals surface area (Å²) in [4.78, 5) is 0. The molecule has 0 aliphatic carbocycles. The maximum atomic E-state index is 6.22. The molecule has 1 heterocycles. The summed E-state index contributed by atoms with van der Waals surface area (Å²) in [5, 5.41) is 0. The highest BCUT2D eigenvalue weighted by molar-refractivity contribution is 7.75. The normalized spacial score (nSPS) is 15.1. The number of hydrogen-bond donors (Lipinski definition) is 1. The smallest absolute Gasteiger partial charge is 0.172 e. The third-order valence-electron chi connectivity index (χ3n) is 7.22. The van der Waals surface area contributed by atoms with Gasteiger partial charge >= 0.3 is 0 Å². The Morgan fingerprint density at radius 3 is 2.12 bits per heavy atom. The van der Waals surface area contributed by atoms with E-state index in [1.165, 1.54) is 101 Å². The van der Waals surface area contributed by atoms with Crippen molar-refractivity contribution in [3.05, 3.63) is 35.4 Å². The first-order valence-corrected chi connectivity index (χ1v) is 14.7. The predicted molar refractivity (Wildman–Crippen MR) is 149 cm³/mol. The van der Waals surface area contributed by atoms with Gasteiger partial charge in [0.05, 0.1) is 6.61 Å². The van der Waals surface area contributed by atoms with Gasteiger partial charge in [0.1, 0.15) is 6.54 Å². The maximum Gasteiger partial charge on any atom is 0.172 e. The Morgan fingerprint density at radius 2 is 1.44 bits per heavy atom. The van der Waals surface area contributed by atoms with Crippen LogP contribution >= 0.6 is 12.9 Å². The second-order valence-corrected chi connectivity index (χ2v) is 10.5. The Hall–Kier alpha value is -0.840. The molecule has 0 saturated heterocycles. The molecule has 0 bridgehead atoms. The molecule has 34 heavy (non-hydrogen) atoms. The number of ether oxygens (including phenoxy) is 1. The van der Waals surface area contributed by atoms with Crippen LogP contribution in [0.2, 0.25) is 0 Å². The summed E-state index contributed by atoms with van der Waals surface area (Å²) >= 11 is 4.16. The summed E-state index contributed by atoms with van der Waals surface area (Å²) < 4.78 is 14.1. The van der Waals surface area contributed by atoms with Gasteiger partial charge in [0.2, 0.25) is 0 Å². The average Bonchev–Trinajstić information content (AvgIpc) is 2.87. The number of rotatable bonds is 21. The van der Waals surface area contributed by atoms with E-state index < -0.39 is 0 Å². The highest BCUT2D eigenvalue weighted by Gasteiger charge is 2.21. The number of thiol groups is 1. The molecule has 0 fully saturated rings. The summed E-state index contributed by atoms with van der Waals surface area (Å²) in [5.74, 6) is 0.686. The summed E-state index contributed by atoms with van der Waals surface area (Å²) in [7, 11) is 0. The lowest BCUT2D eigenvalue weighted by molar-refractivity contribution is -0.532. The molecule has 194 valence electrons. The van der Waals surface area contributed by atoms with Gasteiger partial charge in [-0.1, -0.05) is 109 Å². The lowest BCUT2D eigenvalue weighted by Crippen LogP contribution is -2.33. The molecule has 2 atom stereocenters. The van der Waals surface area contributed by atoms with Gasteiger partial charge in [0.25, 0.3) is 0 Å². The van der Waals surface area contributed by atoms with Gasteiger partial charge in [-0.3, -0.25) is 0 Å². The van der Waals surface area contributed by atoms with Crippen molar-refractivity contribution in [2.24, 2.45) is 5.92 Å². The monoisotopic (exact) mass is 490 g/mol. The minimum atomic E-state index is -0.00583. The zero-order valence-corrected chi connectivity index (χ0v) is 23.1. The van der Waals surface area contributed by atoms with Crippen LogP contribution in [-0.4, -0.2) is 43.2 Å². The van der Waals surface area contributed by atoms with Crippen molar-refractivity contribution in [1.82, 2.24) is 0 Å². The van der Waals surface area contributed by atoms with E-state index >= 15 is 0 Å². The Morgan fingerprint density at radius 1 is 0.824 bits per heavy atom. The van der Waals surface area contributed by atoms with E-state index in [0.29, 0.717) is 12.5 Å². The summed E-state index contributed by atoms with van der Waals surface area (Å²) in [5.41, 5.74) is 2.76. The molecule has 3 nitrogen and oxygen atoms in total. The SMILES string of the molecule is CCCCCCCCCCC(CCCCCC)COCC(C[N+]1=Cc2ccccc2CC1)OS. The molecular formula is C30H52NO2S+. The van der Waals surface area contributed by atoms with Crippen molar-refractivity contribution in [3.63, 3.8) is 0 Å². The molecule has 0 saturated carbocycles. The fraction of sp³-hybridized carbons (Fsp3) is 0.767. The molecule has 0 aromatic heterocycles. The topological polar surface area (TPSA) is 21.5 Å². The van der Waals surface area contributed by atoms with Crippen LogP contribution < -0.4 is 0 Å². The van der Waals surface area contributed by atoms with E-state index in [1.807, 2.05) is 0 Å². The van der Waals surface area contributed by atoms with E-state index in [0.717, 1.165) is 26.1 Å². The molecular weight excluding hydrogens is 438 g/mol. The van der Waals surface area contributed by atoms with Gasteiger partial charge < -0.3 is 8.92 Å². The van der Waals surface area contributed by atoms with Crippen molar-refractivity contribution in [2.45, 2.75) is 116 Å². The van der Waals surface area contributed by atoms with Gasteiger partial charge in [-0.05, 0) is 43.3 Å². The quantitative estimate of drug-likeness (QED) is 0.0815. The maximum absolute atomic E-state index is 6.22. The van der Waals surface area contributed by atoms with Crippen molar-refractivity contribution in [1.29, 1.82) is 0 Å². The van der Waals surface area contributed by atoms with Crippen LogP contribution in [0.4, 0.5) is 0 Å². The summed E-state index contributed by atoms with van der Waals surface area (Å²) in [6.45, 7) is 7.93. The standard InChI is InChI=1S/C30H51NO2S/c1-3-5-7-9-10-11-12-14-18-27(17-13-8-6-4-2)25-32-26-30(33-34)24-31-22-21-28-19-15-16-20-29(28)23-31/h15-16,19-20,23,27,30H,3-14,17-18,21-22,24-26H2,1-2H3/p+1.